The number of benzene rings is 2. The van der Waals surface area contributed by atoms with E-state index >= 15 is 0 Å². The van der Waals surface area contributed by atoms with Crippen molar-refractivity contribution in [3.8, 4) is 22.6 Å². The lowest BCUT2D eigenvalue weighted by Gasteiger charge is -2.13. The minimum atomic E-state index is -0.551. The molecule has 8 heteroatoms. The Balaban J connectivity index is 2.76. The van der Waals surface area contributed by atoms with Gasteiger partial charge in [0.05, 0.1) is 28.6 Å². The number of aryl methyl sites for hydroxylation is 2. The predicted octanol–water partition coefficient (Wildman–Crippen LogP) is 4.58. The van der Waals surface area contributed by atoms with Crippen LogP contribution in [0.1, 0.15) is 25.0 Å². The Hall–Kier alpha value is -3.16. The van der Waals surface area contributed by atoms with Gasteiger partial charge in [-0.3, -0.25) is 20.2 Å². The maximum atomic E-state index is 11.5. The average molecular weight is 360 g/mol. The summed E-state index contributed by atoms with van der Waals surface area (Å²) in [4.78, 5) is 21.9. The van der Waals surface area contributed by atoms with Crippen LogP contribution in [0.5, 0.6) is 11.5 Å². The highest BCUT2D eigenvalue weighted by atomic mass is 16.6. The number of nitro groups is 2. The Kier molecular flexibility index (Phi) is 5.76. The van der Waals surface area contributed by atoms with Gasteiger partial charge in [-0.1, -0.05) is 0 Å². The molecule has 26 heavy (non-hydrogen) atoms. The molecule has 138 valence electrons. The van der Waals surface area contributed by atoms with Gasteiger partial charge in [0.1, 0.15) is 5.75 Å². The Labute approximate surface area is 150 Å². The van der Waals surface area contributed by atoms with Crippen LogP contribution in [0.15, 0.2) is 24.3 Å². The second kappa shape index (κ2) is 7.81. The first kappa shape index (κ1) is 19.2. The number of hydrogen-bond acceptors (Lipinski definition) is 6. The van der Waals surface area contributed by atoms with Crippen LogP contribution in [0.4, 0.5) is 11.4 Å². The SMILES string of the molecule is CCOc1cc(-c2cc(C)c(OCC)c([N+](=O)[O-])c2)c([N+](=O)[O-])cc1C. The molecule has 0 spiro atoms. The first-order chi connectivity index (χ1) is 12.3. The maximum absolute atomic E-state index is 11.5. The number of ether oxygens (including phenoxy) is 2. The van der Waals surface area contributed by atoms with Crippen LogP contribution in [0.2, 0.25) is 0 Å². The van der Waals surface area contributed by atoms with Gasteiger partial charge in [-0.2, -0.15) is 0 Å². The van der Waals surface area contributed by atoms with Crippen molar-refractivity contribution in [1.29, 1.82) is 0 Å². The highest BCUT2D eigenvalue weighted by Crippen LogP contribution is 2.41. The van der Waals surface area contributed by atoms with E-state index in [9.17, 15) is 20.2 Å². The first-order valence-electron chi connectivity index (χ1n) is 8.14. The standard InChI is InChI=1S/C18H20N2O6/c1-5-25-17-10-14(15(19(21)22)8-11(17)3)13-7-12(4)18(26-6-2)16(9-13)20(23)24/h7-10H,5-6H2,1-4H3. The topological polar surface area (TPSA) is 105 Å². The smallest absolute Gasteiger partial charge is 0.311 e. The van der Waals surface area contributed by atoms with Crippen molar-refractivity contribution in [2.45, 2.75) is 27.7 Å². The van der Waals surface area contributed by atoms with Crippen LogP contribution in [0.3, 0.4) is 0 Å². The molecule has 0 unspecified atom stereocenters. The molecule has 0 aliphatic rings. The minimum absolute atomic E-state index is 0.135. The summed E-state index contributed by atoms with van der Waals surface area (Å²) in [7, 11) is 0. The molecule has 0 fully saturated rings. The number of hydrogen-bond donors (Lipinski definition) is 0. The summed E-state index contributed by atoms with van der Waals surface area (Å²) >= 11 is 0. The van der Waals surface area contributed by atoms with Crippen molar-refractivity contribution >= 4 is 11.4 Å². The molecule has 0 atom stereocenters. The van der Waals surface area contributed by atoms with E-state index < -0.39 is 9.85 Å². The molecular formula is C18H20N2O6. The number of rotatable bonds is 7. The summed E-state index contributed by atoms with van der Waals surface area (Å²) in [6.45, 7) is 7.61. The van der Waals surface area contributed by atoms with Crippen molar-refractivity contribution in [3.63, 3.8) is 0 Å². The zero-order chi connectivity index (χ0) is 19.4. The van der Waals surface area contributed by atoms with Crippen molar-refractivity contribution in [2.75, 3.05) is 13.2 Å². The van der Waals surface area contributed by atoms with Crippen LogP contribution in [-0.4, -0.2) is 23.1 Å². The van der Waals surface area contributed by atoms with Crippen LogP contribution in [0.25, 0.3) is 11.1 Å². The monoisotopic (exact) mass is 360 g/mol. The third-order valence-electron chi connectivity index (χ3n) is 3.84. The molecule has 2 rings (SSSR count). The van der Waals surface area contributed by atoms with Gasteiger partial charge in [0, 0.05) is 12.1 Å². The molecule has 0 bridgehead atoms. The molecular weight excluding hydrogens is 340 g/mol. The molecule has 0 saturated carbocycles. The van der Waals surface area contributed by atoms with Crippen molar-refractivity contribution in [1.82, 2.24) is 0 Å². The first-order valence-corrected chi connectivity index (χ1v) is 8.14. The zero-order valence-electron chi connectivity index (χ0n) is 15.1. The van der Waals surface area contributed by atoms with Gasteiger partial charge in [-0.25, -0.2) is 0 Å². The molecule has 2 aromatic carbocycles. The van der Waals surface area contributed by atoms with Gasteiger partial charge in [0.15, 0.2) is 5.75 Å². The zero-order valence-corrected chi connectivity index (χ0v) is 15.1. The van der Waals surface area contributed by atoms with E-state index in [-0.39, 0.29) is 29.3 Å². The minimum Gasteiger partial charge on any atom is -0.494 e. The van der Waals surface area contributed by atoms with Crippen molar-refractivity contribution in [2.24, 2.45) is 0 Å². The van der Waals surface area contributed by atoms with Gasteiger partial charge < -0.3 is 9.47 Å². The van der Waals surface area contributed by atoms with E-state index in [1.807, 2.05) is 6.92 Å². The molecule has 0 aliphatic carbocycles. The molecule has 2 aromatic rings. The van der Waals surface area contributed by atoms with Gasteiger partial charge in [-0.05, 0) is 56.5 Å². The maximum Gasteiger partial charge on any atom is 0.311 e. The Morgan fingerprint density at radius 2 is 1.46 bits per heavy atom. The number of nitro benzene ring substituents is 2. The van der Waals surface area contributed by atoms with Crippen LogP contribution < -0.4 is 9.47 Å². The third kappa shape index (κ3) is 3.74. The normalized spacial score (nSPS) is 10.5. The average Bonchev–Trinajstić information content (AvgIpc) is 2.57. The molecule has 0 radical (unpaired) electrons. The Morgan fingerprint density at radius 1 is 0.846 bits per heavy atom. The van der Waals surface area contributed by atoms with E-state index in [2.05, 4.69) is 0 Å². The highest BCUT2D eigenvalue weighted by Gasteiger charge is 2.24. The summed E-state index contributed by atoms with van der Waals surface area (Å²) in [5.41, 5.74) is 1.42. The fourth-order valence-corrected chi connectivity index (χ4v) is 2.74. The lowest BCUT2D eigenvalue weighted by Crippen LogP contribution is -2.02. The lowest BCUT2D eigenvalue weighted by atomic mass is 9.98. The Morgan fingerprint density at radius 3 is 2.00 bits per heavy atom. The van der Waals surface area contributed by atoms with E-state index in [4.69, 9.17) is 9.47 Å². The molecule has 0 N–H and O–H groups in total. The lowest BCUT2D eigenvalue weighted by molar-refractivity contribution is -0.386. The third-order valence-corrected chi connectivity index (χ3v) is 3.84. The second-order valence-corrected chi connectivity index (χ2v) is 5.66. The summed E-state index contributed by atoms with van der Waals surface area (Å²) in [6, 6.07) is 5.91. The summed E-state index contributed by atoms with van der Waals surface area (Å²) < 4.78 is 10.9. The summed E-state index contributed by atoms with van der Waals surface area (Å²) in [6.07, 6.45) is 0. The summed E-state index contributed by atoms with van der Waals surface area (Å²) in [5, 5.41) is 22.9. The van der Waals surface area contributed by atoms with E-state index in [1.165, 1.54) is 12.1 Å². The van der Waals surface area contributed by atoms with E-state index in [0.717, 1.165) is 0 Å². The molecule has 0 heterocycles. The van der Waals surface area contributed by atoms with Crippen LogP contribution >= 0.6 is 0 Å². The van der Waals surface area contributed by atoms with Crippen molar-refractivity contribution in [3.05, 3.63) is 55.6 Å². The fourth-order valence-electron chi connectivity index (χ4n) is 2.74. The van der Waals surface area contributed by atoms with Gasteiger partial charge in [0.25, 0.3) is 5.69 Å². The van der Waals surface area contributed by atoms with Gasteiger partial charge in [0.2, 0.25) is 0 Å². The second-order valence-electron chi connectivity index (χ2n) is 5.66. The van der Waals surface area contributed by atoms with Gasteiger partial charge in [-0.15, -0.1) is 0 Å². The molecule has 8 nitrogen and oxygen atoms in total. The quantitative estimate of drug-likeness (QED) is 0.528. The predicted molar refractivity (Wildman–Crippen MR) is 97.0 cm³/mol. The molecule has 0 saturated heterocycles. The summed E-state index contributed by atoms with van der Waals surface area (Å²) in [5.74, 6) is 0.670. The molecule has 0 aliphatic heterocycles. The van der Waals surface area contributed by atoms with E-state index in [0.29, 0.717) is 29.0 Å². The number of nitrogens with zero attached hydrogens (tertiary/aromatic N) is 2. The van der Waals surface area contributed by atoms with Crippen molar-refractivity contribution < 1.29 is 19.3 Å². The van der Waals surface area contributed by atoms with Crippen LogP contribution in [-0.2, 0) is 0 Å². The Bertz CT molecular complexity index is 863. The highest BCUT2D eigenvalue weighted by molar-refractivity contribution is 5.79. The largest absolute Gasteiger partial charge is 0.494 e. The van der Waals surface area contributed by atoms with Gasteiger partial charge >= 0.3 is 5.69 Å². The molecule has 0 amide bonds. The van der Waals surface area contributed by atoms with E-state index in [1.54, 1.807) is 32.9 Å². The molecule has 0 aromatic heterocycles. The van der Waals surface area contributed by atoms with Crippen LogP contribution in [0, 0.1) is 34.1 Å². The fraction of sp³-hybridized carbons (Fsp3) is 0.333.